The average molecular weight is 293 g/mol. The van der Waals surface area contributed by atoms with Crippen LogP contribution in [0.4, 0.5) is 0 Å². The number of benzene rings is 1. The lowest BCUT2D eigenvalue weighted by Gasteiger charge is -2.14. The molecule has 0 aromatic heterocycles. The second kappa shape index (κ2) is 10.2. The number of hydrogen-bond acceptors (Lipinski definition) is 3. The van der Waals surface area contributed by atoms with Crippen molar-refractivity contribution in [2.24, 2.45) is 4.99 Å². The van der Waals surface area contributed by atoms with Gasteiger partial charge in [0.25, 0.3) is 0 Å². The zero-order valence-corrected chi connectivity index (χ0v) is 13.0. The summed E-state index contributed by atoms with van der Waals surface area (Å²) in [5, 5.41) is 6.55. The van der Waals surface area contributed by atoms with Gasteiger partial charge in [0.2, 0.25) is 0 Å². The minimum atomic E-state index is 0.512. The summed E-state index contributed by atoms with van der Waals surface area (Å²) in [4.78, 5) is 4.19. The topological polar surface area (TPSA) is 45.6 Å². The Morgan fingerprint density at radius 1 is 1.40 bits per heavy atom. The van der Waals surface area contributed by atoms with Gasteiger partial charge in [-0.25, -0.2) is 0 Å². The van der Waals surface area contributed by atoms with Crippen molar-refractivity contribution in [2.75, 3.05) is 32.2 Å². The third kappa shape index (κ3) is 6.02. The summed E-state index contributed by atoms with van der Waals surface area (Å²) < 4.78 is 5.63. The van der Waals surface area contributed by atoms with Gasteiger partial charge in [-0.3, -0.25) is 4.99 Å². The fourth-order valence-electron chi connectivity index (χ4n) is 1.61. The molecule has 20 heavy (non-hydrogen) atoms. The zero-order valence-electron chi connectivity index (χ0n) is 12.2. The minimum absolute atomic E-state index is 0.512. The molecule has 0 radical (unpaired) electrons. The van der Waals surface area contributed by atoms with Gasteiger partial charge in [-0.05, 0) is 12.3 Å². The Morgan fingerprint density at radius 3 is 2.90 bits per heavy atom. The van der Waals surface area contributed by atoms with E-state index in [2.05, 4.69) is 28.5 Å². The first-order valence-corrected chi connectivity index (χ1v) is 7.96. The van der Waals surface area contributed by atoms with Crippen LogP contribution >= 0.6 is 11.8 Å². The highest BCUT2D eigenvalue weighted by Gasteiger charge is 2.03. The van der Waals surface area contributed by atoms with Crippen LogP contribution in [-0.4, -0.2) is 38.2 Å². The summed E-state index contributed by atoms with van der Waals surface area (Å²) in [5.74, 6) is 2.73. The second-order valence-electron chi connectivity index (χ2n) is 4.05. The van der Waals surface area contributed by atoms with Crippen molar-refractivity contribution >= 4 is 17.7 Å². The molecule has 1 rings (SSSR count). The summed E-state index contributed by atoms with van der Waals surface area (Å²) in [7, 11) is 1.77. The Hall–Kier alpha value is -1.62. The lowest BCUT2D eigenvalue weighted by atomic mass is 10.2. The molecule has 1 aromatic rings. The molecule has 110 valence electrons. The largest absolute Gasteiger partial charge is 0.489 e. The number of thioether (sulfide) groups is 1. The smallest absolute Gasteiger partial charge is 0.191 e. The predicted octanol–water partition coefficient (Wildman–Crippen LogP) is 2.28. The van der Waals surface area contributed by atoms with Crippen LogP contribution < -0.4 is 15.4 Å². The number of rotatable bonds is 8. The van der Waals surface area contributed by atoms with Gasteiger partial charge in [0.1, 0.15) is 12.4 Å². The molecule has 0 aliphatic rings. The quantitative estimate of drug-likeness (QED) is 0.334. The van der Waals surface area contributed by atoms with Gasteiger partial charge in [0, 0.05) is 31.5 Å². The maximum atomic E-state index is 5.63. The SMILES string of the molecule is C=CCOc1ccccc1CNC(=NC)NCCSC. The molecule has 0 heterocycles. The molecule has 2 N–H and O–H groups in total. The Balaban J connectivity index is 2.52. The molecule has 0 aliphatic heterocycles. The molecule has 5 heteroatoms. The Kier molecular flexibility index (Phi) is 8.38. The van der Waals surface area contributed by atoms with Crippen molar-refractivity contribution in [1.29, 1.82) is 0 Å². The van der Waals surface area contributed by atoms with Gasteiger partial charge >= 0.3 is 0 Å². The number of ether oxygens (including phenoxy) is 1. The maximum absolute atomic E-state index is 5.63. The third-order valence-electron chi connectivity index (χ3n) is 2.60. The van der Waals surface area contributed by atoms with Crippen LogP contribution in [0.3, 0.4) is 0 Å². The first-order chi connectivity index (χ1) is 9.81. The van der Waals surface area contributed by atoms with E-state index in [0.717, 1.165) is 29.6 Å². The van der Waals surface area contributed by atoms with Crippen LogP contribution in [0.1, 0.15) is 5.56 Å². The van der Waals surface area contributed by atoms with Crippen LogP contribution in [0, 0.1) is 0 Å². The van der Waals surface area contributed by atoms with E-state index in [4.69, 9.17) is 4.74 Å². The number of nitrogens with zero attached hydrogens (tertiary/aromatic N) is 1. The van der Waals surface area contributed by atoms with Gasteiger partial charge in [-0.15, -0.1) is 0 Å². The first kappa shape index (κ1) is 16.4. The molecule has 0 amide bonds. The molecule has 1 aromatic carbocycles. The molecule has 0 saturated heterocycles. The van der Waals surface area contributed by atoms with Crippen molar-refractivity contribution in [3.05, 3.63) is 42.5 Å². The predicted molar refractivity (Wildman–Crippen MR) is 88.7 cm³/mol. The van der Waals surface area contributed by atoms with Crippen molar-refractivity contribution in [1.82, 2.24) is 10.6 Å². The van der Waals surface area contributed by atoms with Crippen molar-refractivity contribution in [3.8, 4) is 5.75 Å². The van der Waals surface area contributed by atoms with Gasteiger partial charge in [0.15, 0.2) is 5.96 Å². The van der Waals surface area contributed by atoms with E-state index in [1.807, 2.05) is 24.3 Å². The molecule has 0 atom stereocenters. The van der Waals surface area contributed by atoms with E-state index in [9.17, 15) is 0 Å². The lowest BCUT2D eigenvalue weighted by molar-refractivity contribution is 0.358. The van der Waals surface area contributed by atoms with E-state index in [1.165, 1.54) is 0 Å². The fourth-order valence-corrected chi connectivity index (χ4v) is 1.92. The van der Waals surface area contributed by atoms with Crippen LogP contribution in [0.25, 0.3) is 0 Å². The summed E-state index contributed by atoms with van der Waals surface area (Å²) >= 11 is 1.81. The van der Waals surface area contributed by atoms with Crippen LogP contribution in [-0.2, 0) is 6.54 Å². The van der Waals surface area contributed by atoms with E-state index < -0.39 is 0 Å². The number of guanidine groups is 1. The van der Waals surface area contributed by atoms with E-state index in [0.29, 0.717) is 13.2 Å². The normalized spacial score (nSPS) is 11.0. The number of aliphatic imine (C=N–C) groups is 1. The number of hydrogen-bond donors (Lipinski definition) is 2. The fraction of sp³-hybridized carbons (Fsp3) is 0.400. The lowest BCUT2D eigenvalue weighted by Crippen LogP contribution is -2.38. The molecule has 0 bridgehead atoms. The molecule has 0 aliphatic carbocycles. The van der Waals surface area contributed by atoms with Crippen molar-refractivity contribution in [2.45, 2.75) is 6.54 Å². The van der Waals surface area contributed by atoms with Gasteiger partial charge in [-0.1, -0.05) is 30.9 Å². The van der Waals surface area contributed by atoms with E-state index in [1.54, 1.807) is 24.9 Å². The Morgan fingerprint density at radius 2 is 2.20 bits per heavy atom. The highest BCUT2D eigenvalue weighted by molar-refractivity contribution is 7.98. The third-order valence-corrected chi connectivity index (χ3v) is 3.21. The van der Waals surface area contributed by atoms with E-state index >= 15 is 0 Å². The minimum Gasteiger partial charge on any atom is -0.489 e. The number of para-hydroxylation sites is 1. The molecule has 0 fully saturated rings. The summed E-state index contributed by atoms with van der Waals surface area (Å²) in [6.07, 6.45) is 3.83. The molecular formula is C15H23N3OS. The Labute approximate surface area is 125 Å². The molecule has 0 saturated carbocycles. The maximum Gasteiger partial charge on any atom is 0.191 e. The molecule has 4 nitrogen and oxygen atoms in total. The number of nitrogens with one attached hydrogen (secondary N) is 2. The van der Waals surface area contributed by atoms with Crippen LogP contribution in [0.2, 0.25) is 0 Å². The Bertz CT molecular complexity index is 435. The van der Waals surface area contributed by atoms with Crippen LogP contribution in [0.15, 0.2) is 41.9 Å². The van der Waals surface area contributed by atoms with Gasteiger partial charge < -0.3 is 15.4 Å². The second-order valence-corrected chi connectivity index (χ2v) is 5.04. The summed E-state index contributed by atoms with van der Waals surface area (Å²) in [6, 6.07) is 7.97. The molecule has 0 unspecified atom stereocenters. The molecule has 0 spiro atoms. The van der Waals surface area contributed by atoms with Crippen molar-refractivity contribution in [3.63, 3.8) is 0 Å². The van der Waals surface area contributed by atoms with Crippen LogP contribution in [0.5, 0.6) is 5.75 Å². The summed E-state index contributed by atoms with van der Waals surface area (Å²) in [5.41, 5.74) is 1.10. The van der Waals surface area contributed by atoms with Gasteiger partial charge in [-0.2, -0.15) is 11.8 Å². The molecular weight excluding hydrogens is 270 g/mol. The van der Waals surface area contributed by atoms with Gasteiger partial charge in [0.05, 0.1) is 0 Å². The summed E-state index contributed by atoms with van der Waals surface area (Å²) in [6.45, 7) is 5.75. The monoisotopic (exact) mass is 293 g/mol. The standard InChI is InChI=1S/C15H23N3OS/c1-4-10-19-14-8-6-5-7-13(14)12-18-15(16-2)17-9-11-20-3/h4-8H,1,9-12H2,2-3H3,(H2,16,17,18). The van der Waals surface area contributed by atoms with E-state index in [-0.39, 0.29) is 0 Å². The highest BCUT2D eigenvalue weighted by Crippen LogP contribution is 2.17. The van der Waals surface area contributed by atoms with Crippen molar-refractivity contribution < 1.29 is 4.74 Å². The highest BCUT2D eigenvalue weighted by atomic mass is 32.2. The average Bonchev–Trinajstić information content (AvgIpc) is 2.49. The zero-order chi connectivity index (χ0) is 14.6. The first-order valence-electron chi connectivity index (χ1n) is 6.57.